The highest BCUT2D eigenvalue weighted by Gasteiger charge is 2.58. The van der Waals surface area contributed by atoms with Crippen LogP contribution < -0.4 is 5.32 Å². The van der Waals surface area contributed by atoms with E-state index in [4.69, 9.17) is 0 Å². The van der Waals surface area contributed by atoms with Crippen molar-refractivity contribution in [2.75, 3.05) is 0 Å². The molecule has 2 saturated heterocycles. The van der Waals surface area contributed by atoms with Gasteiger partial charge in [0.15, 0.2) is 0 Å². The largest absolute Gasteiger partial charge is 0.451 e. The number of carbonyl (C=O) groups excluding carboxylic acids is 1. The third-order valence-corrected chi connectivity index (χ3v) is 8.75. The molecule has 3 fully saturated rings. The van der Waals surface area contributed by atoms with Crippen LogP contribution in [-0.2, 0) is 27.5 Å². The van der Waals surface area contributed by atoms with Gasteiger partial charge in [0.2, 0.25) is 21.8 Å². The Hall–Kier alpha value is -3.89. The monoisotopic (exact) mass is 545 g/mol. The van der Waals surface area contributed by atoms with Gasteiger partial charge >= 0.3 is 6.18 Å². The van der Waals surface area contributed by atoms with Crippen molar-refractivity contribution < 1.29 is 30.8 Å². The number of halogens is 4. The topological polar surface area (TPSA) is 116 Å². The number of aromatic nitrogens is 2. The molecule has 2 bridgehead atoms. The molecule has 8 nitrogen and oxygen atoms in total. The number of rotatable bonds is 6. The molecule has 1 saturated carbocycles. The molecule has 0 spiro atoms. The minimum absolute atomic E-state index is 0.109. The molecule has 3 heterocycles. The summed E-state index contributed by atoms with van der Waals surface area (Å²) in [6, 6.07) is 9.65. The summed E-state index contributed by atoms with van der Waals surface area (Å²) >= 11 is 0. The van der Waals surface area contributed by atoms with Crippen LogP contribution in [-0.4, -0.2) is 40.7 Å². The molecule has 13 heteroatoms. The van der Waals surface area contributed by atoms with Crippen LogP contribution in [0.4, 0.5) is 17.6 Å². The van der Waals surface area contributed by atoms with Crippen LogP contribution in [0.25, 0.3) is 11.1 Å². The molecule has 6 rings (SSSR count). The van der Waals surface area contributed by atoms with E-state index in [-0.39, 0.29) is 34.5 Å². The minimum atomic E-state index is -4.68. The molecule has 1 aromatic heterocycles. The Kier molecular flexibility index (Phi) is 6.40. The van der Waals surface area contributed by atoms with Crippen LogP contribution in [0.15, 0.2) is 59.8 Å². The lowest BCUT2D eigenvalue weighted by Gasteiger charge is -2.25. The number of nitriles is 1. The zero-order chi connectivity index (χ0) is 27.2. The lowest BCUT2D eigenvalue weighted by atomic mass is 9.83. The molecule has 0 radical (unpaired) electrons. The number of nitrogens with one attached hydrogen (secondary N) is 1. The van der Waals surface area contributed by atoms with E-state index in [2.05, 4.69) is 15.3 Å². The number of amides is 1. The Balaban J connectivity index is 1.35. The second-order valence-corrected chi connectivity index (χ2v) is 11.0. The van der Waals surface area contributed by atoms with Crippen LogP contribution in [0, 0.1) is 23.1 Å². The third-order valence-electron chi connectivity index (χ3n) is 6.81. The first-order valence-electron chi connectivity index (χ1n) is 11.5. The van der Waals surface area contributed by atoms with E-state index in [0.29, 0.717) is 24.0 Å². The Morgan fingerprint density at radius 3 is 2.34 bits per heavy atom. The number of benzene rings is 2. The molecule has 2 aliphatic heterocycles. The highest BCUT2D eigenvalue weighted by molar-refractivity contribution is 7.89. The number of carbonyl (C=O) groups is 1. The Morgan fingerprint density at radius 2 is 1.74 bits per heavy atom. The maximum absolute atomic E-state index is 13.3. The van der Waals surface area contributed by atoms with E-state index < -0.39 is 39.8 Å². The van der Waals surface area contributed by atoms with Crippen LogP contribution in [0.2, 0.25) is 0 Å². The zero-order valence-electron chi connectivity index (χ0n) is 19.5. The molecule has 1 atom stereocenters. The number of sulfonamides is 1. The summed E-state index contributed by atoms with van der Waals surface area (Å²) in [5.74, 6) is -2.56. The van der Waals surface area contributed by atoms with Crippen LogP contribution in [0.1, 0.15) is 29.8 Å². The number of fused-ring (bicyclic) bond motifs is 1. The number of alkyl halides is 3. The van der Waals surface area contributed by atoms with Crippen molar-refractivity contribution in [3.05, 3.63) is 77.6 Å². The highest BCUT2D eigenvalue weighted by Crippen LogP contribution is 2.48. The van der Waals surface area contributed by atoms with Gasteiger partial charge in [-0.3, -0.25) is 4.79 Å². The summed E-state index contributed by atoms with van der Waals surface area (Å²) in [6.45, 7) is -0.116. The molecular weight excluding hydrogens is 526 g/mol. The predicted octanol–water partition coefficient (Wildman–Crippen LogP) is 3.64. The van der Waals surface area contributed by atoms with E-state index in [1.54, 1.807) is 0 Å². The lowest BCUT2D eigenvalue weighted by Crippen LogP contribution is -2.46. The molecule has 3 aromatic rings. The molecule has 38 heavy (non-hydrogen) atoms. The second kappa shape index (κ2) is 9.45. The quantitative estimate of drug-likeness (QED) is 0.473. The summed E-state index contributed by atoms with van der Waals surface area (Å²) in [5, 5.41) is 12.2. The third kappa shape index (κ3) is 4.61. The van der Waals surface area contributed by atoms with Gasteiger partial charge in [0.05, 0.1) is 16.5 Å². The first-order valence-corrected chi connectivity index (χ1v) is 12.9. The zero-order valence-corrected chi connectivity index (χ0v) is 20.3. The van der Waals surface area contributed by atoms with Gasteiger partial charge < -0.3 is 5.32 Å². The van der Waals surface area contributed by atoms with Gasteiger partial charge in [0.25, 0.3) is 0 Å². The van der Waals surface area contributed by atoms with E-state index in [9.17, 15) is 36.0 Å². The first-order chi connectivity index (χ1) is 18.0. The normalized spacial score (nSPS) is 21.0. The smallest absolute Gasteiger partial charge is 0.351 e. The summed E-state index contributed by atoms with van der Waals surface area (Å²) in [5.41, 5.74) is 1.33. The van der Waals surface area contributed by atoms with E-state index in [0.717, 1.165) is 36.7 Å². The van der Waals surface area contributed by atoms with Crippen molar-refractivity contribution in [2.24, 2.45) is 5.92 Å². The van der Waals surface area contributed by atoms with Crippen LogP contribution >= 0.6 is 0 Å². The van der Waals surface area contributed by atoms with Crippen molar-refractivity contribution in [1.29, 1.82) is 5.26 Å². The predicted molar refractivity (Wildman–Crippen MR) is 125 cm³/mol. The number of nitrogens with zero attached hydrogens (tertiary/aromatic N) is 4. The molecule has 196 valence electrons. The van der Waals surface area contributed by atoms with E-state index in [1.807, 2.05) is 6.07 Å². The average Bonchev–Trinajstić information content (AvgIpc) is 3.45. The highest BCUT2D eigenvalue weighted by atomic mass is 32.2. The SMILES string of the molecule is N#Cc1ccc(-c2cnc(C(F)(F)F)nc2)cc1CNC(=O)[C@@H]1C2CC(C2)N1S(=O)(=O)c1ccc(F)cc1. The van der Waals surface area contributed by atoms with Gasteiger partial charge in [-0.25, -0.2) is 22.8 Å². The lowest BCUT2D eigenvalue weighted by molar-refractivity contribution is -0.145. The van der Waals surface area contributed by atoms with Gasteiger partial charge in [-0.15, -0.1) is 0 Å². The summed E-state index contributed by atoms with van der Waals surface area (Å²) < 4.78 is 79.3. The van der Waals surface area contributed by atoms with Crippen molar-refractivity contribution in [1.82, 2.24) is 19.6 Å². The fourth-order valence-electron chi connectivity index (χ4n) is 4.87. The van der Waals surface area contributed by atoms with Crippen molar-refractivity contribution in [2.45, 2.75) is 42.5 Å². The van der Waals surface area contributed by atoms with Crippen molar-refractivity contribution in [3.63, 3.8) is 0 Å². The number of hydrogen-bond acceptors (Lipinski definition) is 6. The fourth-order valence-corrected chi connectivity index (χ4v) is 6.73. The fraction of sp³-hybridized carbons (Fsp3) is 0.280. The standard InChI is InChI=1S/C25H19F4N5O3S/c26-19-3-5-21(6-4-19)38(36,37)34-20-8-16(9-20)22(34)23(35)31-11-17-7-14(1-2-15(17)10-30)18-12-32-24(33-13-18)25(27,28)29/h1-7,12-13,16,20,22H,8-9,11H2,(H,31,35)/t16?,20?,22-/m0/s1. The van der Waals surface area contributed by atoms with E-state index >= 15 is 0 Å². The Bertz CT molecular complexity index is 1530. The van der Waals surface area contributed by atoms with Crippen molar-refractivity contribution >= 4 is 15.9 Å². The minimum Gasteiger partial charge on any atom is -0.351 e. The average molecular weight is 546 g/mol. The summed E-state index contributed by atoms with van der Waals surface area (Å²) in [4.78, 5) is 19.8. The van der Waals surface area contributed by atoms with Gasteiger partial charge in [-0.2, -0.15) is 22.7 Å². The molecule has 1 N–H and O–H groups in total. The Morgan fingerprint density at radius 1 is 1.08 bits per heavy atom. The molecule has 3 aliphatic rings. The molecule has 0 unspecified atom stereocenters. The van der Waals surface area contributed by atoms with Gasteiger partial charge in [0, 0.05) is 30.5 Å². The number of hydrogen-bond donors (Lipinski definition) is 1. The van der Waals surface area contributed by atoms with Crippen LogP contribution in [0.5, 0.6) is 0 Å². The first kappa shape index (κ1) is 25.7. The van der Waals surface area contributed by atoms with Gasteiger partial charge in [-0.05, 0) is 66.3 Å². The van der Waals surface area contributed by atoms with Gasteiger partial charge in [0.1, 0.15) is 11.9 Å². The van der Waals surface area contributed by atoms with Crippen molar-refractivity contribution in [3.8, 4) is 17.2 Å². The van der Waals surface area contributed by atoms with E-state index in [1.165, 1.54) is 22.5 Å². The summed E-state index contributed by atoms with van der Waals surface area (Å²) in [6.07, 6.45) is -1.58. The summed E-state index contributed by atoms with van der Waals surface area (Å²) in [7, 11) is -4.05. The Labute approximate surface area is 215 Å². The molecule has 1 amide bonds. The second-order valence-electron chi connectivity index (χ2n) is 9.11. The van der Waals surface area contributed by atoms with Gasteiger partial charge in [-0.1, -0.05) is 6.07 Å². The molecule has 1 aliphatic carbocycles. The molecular formula is C25H19F4N5O3S. The maximum Gasteiger partial charge on any atom is 0.451 e. The van der Waals surface area contributed by atoms with Crippen LogP contribution in [0.3, 0.4) is 0 Å². The molecule has 2 aromatic carbocycles. The maximum atomic E-state index is 13.3.